The molecule has 0 N–H and O–H groups in total. The van der Waals surface area contributed by atoms with E-state index < -0.39 is 17.9 Å². The zero-order valence-corrected chi connectivity index (χ0v) is 16.6. The molecule has 6 nitrogen and oxygen atoms in total. The van der Waals surface area contributed by atoms with Gasteiger partial charge in [-0.05, 0) is 48.4 Å². The molecular weight excluding hydrogens is 384 g/mol. The van der Waals surface area contributed by atoms with Crippen LogP contribution >= 0.6 is 0 Å². The first kappa shape index (κ1) is 22.4. The third-order valence-corrected chi connectivity index (χ3v) is 3.79. The summed E-state index contributed by atoms with van der Waals surface area (Å²) in [6, 6.07) is 13.6. The van der Waals surface area contributed by atoms with Crippen molar-refractivity contribution in [3.8, 4) is 11.5 Å². The minimum Gasteiger partial charge on any atom is -0.462 e. The van der Waals surface area contributed by atoms with Crippen molar-refractivity contribution in [2.24, 2.45) is 0 Å². The first-order valence-corrected chi connectivity index (χ1v) is 9.13. The molecular formula is C24H22O6. The zero-order valence-electron chi connectivity index (χ0n) is 16.6. The van der Waals surface area contributed by atoms with Gasteiger partial charge in [0.05, 0.1) is 6.61 Å². The number of rotatable bonds is 9. The van der Waals surface area contributed by atoms with Crippen LogP contribution in [-0.2, 0) is 25.5 Å². The highest BCUT2D eigenvalue weighted by Gasteiger charge is 2.05. The van der Waals surface area contributed by atoms with Crippen molar-refractivity contribution < 1.29 is 28.6 Å². The standard InChI is InChI=1S/C24H22O6/c1-4-22(25)28-16-15-19-7-10-20(11-8-19)29-23(26)14-9-18-5-12-21(13-6-18)30-24(27)17(2)3/h4-14H,1-2,15-16H2,3H3/b14-9+. The van der Waals surface area contributed by atoms with Crippen LogP contribution in [0.5, 0.6) is 11.5 Å². The molecule has 6 heteroatoms. The highest BCUT2D eigenvalue weighted by molar-refractivity contribution is 5.89. The van der Waals surface area contributed by atoms with E-state index in [1.807, 2.05) is 0 Å². The number of carbonyl (C=O) groups is 3. The summed E-state index contributed by atoms with van der Waals surface area (Å²) in [5.74, 6) is -0.693. The van der Waals surface area contributed by atoms with Gasteiger partial charge in [0, 0.05) is 24.1 Å². The molecule has 0 amide bonds. The Morgan fingerprint density at radius 2 is 1.50 bits per heavy atom. The summed E-state index contributed by atoms with van der Waals surface area (Å²) in [5.41, 5.74) is 1.99. The fraction of sp³-hybridized carbons (Fsp3) is 0.125. The lowest BCUT2D eigenvalue weighted by molar-refractivity contribution is -0.137. The van der Waals surface area contributed by atoms with E-state index in [1.165, 1.54) is 6.08 Å². The molecule has 2 aromatic rings. The number of esters is 3. The summed E-state index contributed by atoms with van der Waals surface area (Å²) in [6.07, 6.45) is 4.56. The van der Waals surface area contributed by atoms with Crippen molar-refractivity contribution >= 4 is 24.0 Å². The minimum atomic E-state index is -0.527. The molecule has 0 aliphatic carbocycles. The van der Waals surface area contributed by atoms with Crippen LogP contribution in [0.1, 0.15) is 18.1 Å². The molecule has 0 aliphatic rings. The van der Waals surface area contributed by atoms with E-state index in [9.17, 15) is 14.4 Å². The fourth-order valence-corrected chi connectivity index (χ4v) is 2.21. The maximum atomic E-state index is 12.0. The van der Waals surface area contributed by atoms with Crippen LogP contribution in [0.2, 0.25) is 0 Å². The second kappa shape index (κ2) is 11.2. The molecule has 0 aliphatic heterocycles. The third-order valence-electron chi connectivity index (χ3n) is 3.79. The van der Waals surface area contributed by atoms with Gasteiger partial charge in [-0.2, -0.15) is 0 Å². The van der Waals surface area contributed by atoms with Gasteiger partial charge in [0.1, 0.15) is 11.5 Å². The van der Waals surface area contributed by atoms with E-state index in [2.05, 4.69) is 13.2 Å². The Kier molecular flexibility index (Phi) is 8.32. The van der Waals surface area contributed by atoms with Crippen molar-refractivity contribution in [3.05, 3.63) is 90.5 Å². The number of carbonyl (C=O) groups excluding carboxylic acids is 3. The zero-order chi connectivity index (χ0) is 21.9. The van der Waals surface area contributed by atoms with Gasteiger partial charge in [-0.25, -0.2) is 14.4 Å². The molecule has 0 aromatic heterocycles. The van der Waals surface area contributed by atoms with Gasteiger partial charge in [0.25, 0.3) is 0 Å². The molecule has 0 atom stereocenters. The van der Waals surface area contributed by atoms with Gasteiger partial charge in [0.15, 0.2) is 0 Å². The number of hydrogen-bond donors (Lipinski definition) is 0. The molecule has 30 heavy (non-hydrogen) atoms. The summed E-state index contributed by atoms with van der Waals surface area (Å²) in [4.78, 5) is 34.5. The SMILES string of the molecule is C=CC(=O)OCCc1ccc(OC(=O)/C=C/c2ccc(OC(=O)C(=C)C)cc2)cc1. The van der Waals surface area contributed by atoms with Crippen LogP contribution < -0.4 is 9.47 Å². The largest absolute Gasteiger partial charge is 0.462 e. The second-order valence-corrected chi connectivity index (χ2v) is 6.26. The number of benzene rings is 2. The van der Waals surface area contributed by atoms with Crippen LogP contribution in [0, 0.1) is 0 Å². The Labute approximate surface area is 175 Å². The maximum absolute atomic E-state index is 12.0. The van der Waals surface area contributed by atoms with Gasteiger partial charge in [-0.1, -0.05) is 37.4 Å². The fourth-order valence-electron chi connectivity index (χ4n) is 2.21. The van der Waals surface area contributed by atoms with Gasteiger partial charge in [0.2, 0.25) is 0 Å². The number of hydrogen-bond acceptors (Lipinski definition) is 6. The van der Waals surface area contributed by atoms with E-state index in [4.69, 9.17) is 14.2 Å². The summed E-state index contributed by atoms with van der Waals surface area (Å²) in [7, 11) is 0. The van der Waals surface area contributed by atoms with Crippen LogP contribution in [0.25, 0.3) is 6.08 Å². The van der Waals surface area contributed by atoms with E-state index in [0.29, 0.717) is 23.5 Å². The molecule has 0 saturated heterocycles. The molecule has 0 saturated carbocycles. The lowest BCUT2D eigenvalue weighted by Gasteiger charge is -2.05. The lowest BCUT2D eigenvalue weighted by Crippen LogP contribution is -2.07. The smallest absolute Gasteiger partial charge is 0.338 e. The Morgan fingerprint density at radius 1 is 0.900 bits per heavy atom. The Morgan fingerprint density at radius 3 is 2.10 bits per heavy atom. The van der Waals surface area contributed by atoms with Crippen molar-refractivity contribution in [3.63, 3.8) is 0 Å². The van der Waals surface area contributed by atoms with Gasteiger partial charge in [-0.3, -0.25) is 0 Å². The summed E-state index contributed by atoms with van der Waals surface area (Å²) in [6.45, 7) is 8.67. The highest BCUT2D eigenvalue weighted by atomic mass is 16.5. The van der Waals surface area contributed by atoms with E-state index in [-0.39, 0.29) is 6.61 Å². The highest BCUT2D eigenvalue weighted by Crippen LogP contribution is 2.16. The molecule has 0 bridgehead atoms. The van der Waals surface area contributed by atoms with Gasteiger partial charge < -0.3 is 14.2 Å². The van der Waals surface area contributed by atoms with Crippen molar-refractivity contribution in [1.82, 2.24) is 0 Å². The molecule has 154 valence electrons. The quantitative estimate of drug-likeness (QED) is 0.355. The molecule has 0 heterocycles. The van der Waals surface area contributed by atoms with Crippen LogP contribution in [0.3, 0.4) is 0 Å². The predicted molar refractivity (Wildman–Crippen MR) is 113 cm³/mol. The van der Waals surface area contributed by atoms with Crippen molar-refractivity contribution in [2.45, 2.75) is 13.3 Å². The first-order valence-electron chi connectivity index (χ1n) is 9.13. The Bertz CT molecular complexity index is 952. The molecule has 0 unspecified atom stereocenters. The molecule has 2 aromatic carbocycles. The van der Waals surface area contributed by atoms with Crippen molar-refractivity contribution in [1.29, 1.82) is 0 Å². The first-order chi connectivity index (χ1) is 14.4. The predicted octanol–water partition coefficient (Wildman–Crippen LogP) is 4.06. The average molecular weight is 406 g/mol. The minimum absolute atomic E-state index is 0.248. The van der Waals surface area contributed by atoms with E-state index in [0.717, 1.165) is 17.2 Å². The molecule has 2 rings (SSSR count). The third kappa shape index (κ3) is 7.59. The molecule has 0 radical (unpaired) electrons. The maximum Gasteiger partial charge on any atom is 0.338 e. The van der Waals surface area contributed by atoms with Crippen LogP contribution in [-0.4, -0.2) is 24.5 Å². The monoisotopic (exact) mass is 406 g/mol. The van der Waals surface area contributed by atoms with E-state index in [1.54, 1.807) is 61.5 Å². The van der Waals surface area contributed by atoms with E-state index >= 15 is 0 Å². The average Bonchev–Trinajstić information content (AvgIpc) is 2.74. The normalized spacial score (nSPS) is 10.3. The van der Waals surface area contributed by atoms with Crippen molar-refractivity contribution in [2.75, 3.05) is 6.61 Å². The number of ether oxygens (including phenoxy) is 3. The molecule has 0 fully saturated rings. The second-order valence-electron chi connectivity index (χ2n) is 6.26. The molecule has 0 spiro atoms. The van der Waals surface area contributed by atoms with Crippen LogP contribution in [0.15, 0.2) is 79.4 Å². The van der Waals surface area contributed by atoms with Gasteiger partial charge in [-0.15, -0.1) is 0 Å². The van der Waals surface area contributed by atoms with Gasteiger partial charge >= 0.3 is 17.9 Å². The Balaban J connectivity index is 1.84. The summed E-state index contributed by atoms with van der Waals surface area (Å²) >= 11 is 0. The summed E-state index contributed by atoms with van der Waals surface area (Å²) < 4.78 is 15.3. The summed E-state index contributed by atoms with van der Waals surface area (Å²) in [5, 5.41) is 0. The Hall–Kier alpha value is -3.93. The lowest BCUT2D eigenvalue weighted by atomic mass is 10.1. The topological polar surface area (TPSA) is 78.9 Å². The van der Waals surface area contributed by atoms with Crippen LogP contribution in [0.4, 0.5) is 0 Å².